The highest BCUT2D eigenvalue weighted by atomic mass is 16.6. The van der Waals surface area contributed by atoms with Crippen molar-refractivity contribution in [3.8, 4) is 0 Å². The molecule has 3 heteroatoms. The van der Waals surface area contributed by atoms with Crippen LogP contribution in [0, 0.1) is 0 Å². The van der Waals surface area contributed by atoms with Crippen LogP contribution in [0.1, 0.15) is 90.9 Å². The molecule has 0 aliphatic carbocycles. The molecule has 0 aromatic carbocycles. The predicted octanol–water partition coefficient (Wildman–Crippen LogP) is 4.78. The third-order valence-electron chi connectivity index (χ3n) is 3.17. The van der Waals surface area contributed by atoms with E-state index in [4.69, 9.17) is 0 Å². The van der Waals surface area contributed by atoms with Crippen molar-refractivity contribution in [1.82, 2.24) is 0 Å². The summed E-state index contributed by atoms with van der Waals surface area (Å²) in [5.41, 5.74) is 0. The van der Waals surface area contributed by atoms with Crippen LogP contribution >= 0.6 is 0 Å². The summed E-state index contributed by atoms with van der Waals surface area (Å²) >= 11 is 0. The van der Waals surface area contributed by atoms with Crippen molar-refractivity contribution < 1.29 is 14.3 Å². The van der Waals surface area contributed by atoms with Crippen molar-refractivity contribution in [2.24, 2.45) is 0 Å². The van der Waals surface area contributed by atoms with Crippen LogP contribution in [-0.4, -0.2) is 11.9 Å². The number of ether oxygens (including phenoxy) is 1. The Kier molecular flexibility index (Phi) is 13.0. The quantitative estimate of drug-likeness (QED) is 0.291. The molecule has 0 amide bonds. The standard InChI is InChI=1S/C16H30O3/c1-3-5-6-7-8-9-10-11-12-14-16(18)19-15(17)13-4-2/h3-14H2,1-2H3. The van der Waals surface area contributed by atoms with Crippen LogP contribution in [-0.2, 0) is 14.3 Å². The van der Waals surface area contributed by atoms with Crippen LogP contribution < -0.4 is 0 Å². The molecule has 3 nitrogen and oxygen atoms in total. The summed E-state index contributed by atoms with van der Waals surface area (Å²) in [6.45, 7) is 4.12. The molecule has 0 rings (SSSR count). The number of carbonyl (C=O) groups is 2. The van der Waals surface area contributed by atoms with Gasteiger partial charge in [-0.05, 0) is 12.8 Å². The van der Waals surface area contributed by atoms with Gasteiger partial charge < -0.3 is 4.74 Å². The summed E-state index contributed by atoms with van der Waals surface area (Å²) in [6.07, 6.45) is 12.4. The average Bonchev–Trinajstić information content (AvgIpc) is 2.37. The summed E-state index contributed by atoms with van der Waals surface area (Å²) in [7, 11) is 0. The van der Waals surface area contributed by atoms with E-state index in [1.807, 2.05) is 6.92 Å². The Morgan fingerprint density at radius 1 is 0.632 bits per heavy atom. The molecule has 0 aliphatic rings. The second kappa shape index (κ2) is 13.6. The monoisotopic (exact) mass is 270 g/mol. The molecule has 0 radical (unpaired) electrons. The molecule has 0 fully saturated rings. The first-order valence-corrected chi connectivity index (χ1v) is 7.94. The highest BCUT2D eigenvalue weighted by Crippen LogP contribution is 2.10. The van der Waals surface area contributed by atoms with E-state index in [9.17, 15) is 9.59 Å². The Balaban J connectivity index is 3.25. The molecule has 0 saturated carbocycles. The van der Waals surface area contributed by atoms with E-state index in [-0.39, 0.29) is 11.9 Å². The third-order valence-corrected chi connectivity index (χ3v) is 3.17. The van der Waals surface area contributed by atoms with Crippen molar-refractivity contribution >= 4 is 11.9 Å². The lowest BCUT2D eigenvalue weighted by atomic mass is 10.1. The maximum absolute atomic E-state index is 11.3. The van der Waals surface area contributed by atoms with Crippen molar-refractivity contribution in [3.05, 3.63) is 0 Å². The van der Waals surface area contributed by atoms with Crippen molar-refractivity contribution in [3.63, 3.8) is 0 Å². The van der Waals surface area contributed by atoms with E-state index in [0.717, 1.165) is 19.3 Å². The second-order valence-corrected chi connectivity index (χ2v) is 5.17. The molecule has 0 atom stereocenters. The van der Waals surface area contributed by atoms with Gasteiger partial charge in [-0.1, -0.05) is 65.2 Å². The molecule has 0 aliphatic heterocycles. The van der Waals surface area contributed by atoms with Crippen molar-refractivity contribution in [2.45, 2.75) is 90.9 Å². The lowest BCUT2D eigenvalue weighted by Gasteiger charge is -2.03. The average molecular weight is 270 g/mol. The molecule has 0 unspecified atom stereocenters. The van der Waals surface area contributed by atoms with Crippen molar-refractivity contribution in [1.29, 1.82) is 0 Å². The molecule has 0 heterocycles. The third kappa shape index (κ3) is 13.4. The minimum Gasteiger partial charge on any atom is -0.393 e. The van der Waals surface area contributed by atoms with E-state index in [2.05, 4.69) is 11.7 Å². The summed E-state index contributed by atoms with van der Waals surface area (Å²) in [5, 5.41) is 0. The minimum absolute atomic E-state index is 0.337. The lowest BCUT2D eigenvalue weighted by Crippen LogP contribution is -2.11. The molecule has 0 bridgehead atoms. The Morgan fingerprint density at radius 3 is 1.63 bits per heavy atom. The maximum Gasteiger partial charge on any atom is 0.313 e. The number of rotatable bonds is 12. The van der Waals surface area contributed by atoms with Crippen LogP contribution in [0.5, 0.6) is 0 Å². The minimum atomic E-state index is -0.386. The van der Waals surface area contributed by atoms with Gasteiger partial charge in [-0.15, -0.1) is 0 Å². The van der Waals surface area contributed by atoms with Crippen LogP contribution in [0.3, 0.4) is 0 Å². The summed E-state index contributed by atoms with van der Waals surface area (Å²) in [4.78, 5) is 22.4. The van der Waals surface area contributed by atoms with Gasteiger partial charge in [0.05, 0.1) is 0 Å². The largest absolute Gasteiger partial charge is 0.393 e. The summed E-state index contributed by atoms with van der Waals surface area (Å²) < 4.78 is 4.68. The Bertz CT molecular complexity index is 236. The Morgan fingerprint density at radius 2 is 1.11 bits per heavy atom. The van der Waals surface area contributed by atoms with E-state index < -0.39 is 0 Å². The summed E-state index contributed by atoms with van der Waals surface area (Å²) in [5.74, 6) is -0.746. The van der Waals surface area contributed by atoms with E-state index >= 15 is 0 Å². The van der Waals surface area contributed by atoms with Gasteiger partial charge in [0.1, 0.15) is 0 Å². The number of carbonyl (C=O) groups excluding carboxylic acids is 2. The van der Waals surface area contributed by atoms with Gasteiger partial charge in [-0.3, -0.25) is 9.59 Å². The lowest BCUT2D eigenvalue weighted by molar-refractivity contribution is -0.159. The summed E-state index contributed by atoms with van der Waals surface area (Å²) in [6, 6.07) is 0. The zero-order valence-corrected chi connectivity index (χ0v) is 12.7. The van der Waals surface area contributed by atoms with E-state index in [1.54, 1.807) is 0 Å². The maximum atomic E-state index is 11.3. The van der Waals surface area contributed by atoms with Gasteiger partial charge in [-0.2, -0.15) is 0 Å². The smallest absolute Gasteiger partial charge is 0.313 e. The van der Waals surface area contributed by atoms with E-state index in [1.165, 1.54) is 44.9 Å². The fraction of sp³-hybridized carbons (Fsp3) is 0.875. The number of esters is 2. The molecule has 112 valence electrons. The first-order valence-electron chi connectivity index (χ1n) is 7.94. The van der Waals surface area contributed by atoms with Crippen molar-refractivity contribution in [2.75, 3.05) is 0 Å². The molecule has 0 aromatic heterocycles. The van der Waals surface area contributed by atoms with Crippen LogP contribution in [0.15, 0.2) is 0 Å². The van der Waals surface area contributed by atoms with Gasteiger partial charge in [0, 0.05) is 12.8 Å². The zero-order valence-electron chi connectivity index (χ0n) is 12.7. The SMILES string of the molecule is CCCCCCCCCCCC(=O)OC(=O)CCC. The van der Waals surface area contributed by atoms with Crippen LogP contribution in [0.2, 0.25) is 0 Å². The number of unbranched alkanes of at least 4 members (excludes halogenated alkanes) is 8. The molecular weight excluding hydrogens is 240 g/mol. The van der Waals surface area contributed by atoms with Gasteiger partial charge in [-0.25, -0.2) is 0 Å². The molecule has 0 spiro atoms. The zero-order chi connectivity index (χ0) is 14.3. The highest BCUT2D eigenvalue weighted by Gasteiger charge is 2.08. The molecule has 0 saturated heterocycles. The number of hydrogen-bond acceptors (Lipinski definition) is 3. The molecule has 0 aromatic rings. The topological polar surface area (TPSA) is 43.4 Å². The highest BCUT2D eigenvalue weighted by molar-refractivity contribution is 5.85. The van der Waals surface area contributed by atoms with Gasteiger partial charge in [0.25, 0.3) is 0 Å². The first kappa shape index (κ1) is 18.1. The molecule has 0 N–H and O–H groups in total. The van der Waals surface area contributed by atoms with Gasteiger partial charge in [0.15, 0.2) is 0 Å². The first-order chi connectivity index (χ1) is 9.20. The van der Waals surface area contributed by atoms with Gasteiger partial charge >= 0.3 is 11.9 Å². The Hall–Kier alpha value is -0.860. The predicted molar refractivity (Wildman–Crippen MR) is 77.9 cm³/mol. The normalized spacial score (nSPS) is 10.4. The number of hydrogen-bond donors (Lipinski definition) is 0. The molecular formula is C16H30O3. The van der Waals surface area contributed by atoms with Crippen LogP contribution in [0.25, 0.3) is 0 Å². The fourth-order valence-corrected chi connectivity index (χ4v) is 2.01. The van der Waals surface area contributed by atoms with E-state index in [0.29, 0.717) is 12.8 Å². The Labute approximate surface area is 118 Å². The van der Waals surface area contributed by atoms with Gasteiger partial charge in [0.2, 0.25) is 0 Å². The molecule has 19 heavy (non-hydrogen) atoms. The van der Waals surface area contributed by atoms with Crippen LogP contribution in [0.4, 0.5) is 0 Å². The second-order valence-electron chi connectivity index (χ2n) is 5.17. The fourth-order valence-electron chi connectivity index (χ4n) is 2.01.